The predicted octanol–water partition coefficient (Wildman–Crippen LogP) is 1.84. The summed E-state index contributed by atoms with van der Waals surface area (Å²) >= 11 is 0. The average Bonchev–Trinajstić information content (AvgIpc) is 2.38. The maximum absolute atomic E-state index is 5.75. The molecule has 100 valence electrons. The molecule has 0 bridgehead atoms. The molecule has 1 aromatic rings. The van der Waals surface area contributed by atoms with E-state index < -0.39 is 0 Å². The van der Waals surface area contributed by atoms with Crippen LogP contribution < -0.4 is 14.8 Å². The zero-order valence-corrected chi connectivity index (χ0v) is 11.2. The van der Waals surface area contributed by atoms with Crippen molar-refractivity contribution in [3.05, 3.63) is 24.3 Å². The molecule has 1 N–H and O–H groups in total. The van der Waals surface area contributed by atoms with Crippen LogP contribution in [0.2, 0.25) is 0 Å². The van der Waals surface area contributed by atoms with E-state index in [0.717, 1.165) is 18.0 Å². The van der Waals surface area contributed by atoms with Crippen LogP contribution in [-0.2, 0) is 4.74 Å². The monoisotopic (exact) mass is 251 g/mol. The normalized spacial score (nSPS) is 22.5. The molecule has 0 aliphatic carbocycles. The smallest absolute Gasteiger partial charge is 0.123 e. The summed E-state index contributed by atoms with van der Waals surface area (Å²) in [6, 6.07) is 7.61. The van der Waals surface area contributed by atoms with Crippen LogP contribution in [0.1, 0.15) is 13.8 Å². The molecular formula is C14H21NO3. The molecular weight excluding hydrogens is 230 g/mol. The summed E-state index contributed by atoms with van der Waals surface area (Å²) in [6.07, 6.45) is 0.101. The molecule has 1 aromatic carbocycles. The zero-order chi connectivity index (χ0) is 13.0. The van der Waals surface area contributed by atoms with Gasteiger partial charge >= 0.3 is 0 Å². The van der Waals surface area contributed by atoms with Gasteiger partial charge in [-0.25, -0.2) is 0 Å². The Morgan fingerprint density at radius 3 is 2.83 bits per heavy atom. The highest BCUT2D eigenvalue weighted by Gasteiger charge is 2.26. The summed E-state index contributed by atoms with van der Waals surface area (Å²) in [7, 11) is 1.65. The molecule has 2 rings (SSSR count). The van der Waals surface area contributed by atoms with E-state index >= 15 is 0 Å². The Balaban J connectivity index is 1.81. The van der Waals surface area contributed by atoms with E-state index in [0.29, 0.717) is 13.2 Å². The summed E-state index contributed by atoms with van der Waals surface area (Å²) in [5, 5.41) is 3.44. The first-order valence-corrected chi connectivity index (χ1v) is 6.22. The van der Waals surface area contributed by atoms with E-state index in [4.69, 9.17) is 14.2 Å². The second kappa shape index (κ2) is 5.59. The van der Waals surface area contributed by atoms with Gasteiger partial charge in [-0.05, 0) is 26.0 Å². The Labute approximate surface area is 108 Å². The Bertz CT molecular complexity index is 382. The number of methoxy groups -OCH3 is 1. The summed E-state index contributed by atoms with van der Waals surface area (Å²) in [4.78, 5) is 0. The molecule has 0 aromatic heterocycles. The second-order valence-corrected chi connectivity index (χ2v) is 5.19. The maximum Gasteiger partial charge on any atom is 0.123 e. The minimum Gasteiger partial charge on any atom is -0.497 e. The van der Waals surface area contributed by atoms with Gasteiger partial charge in [-0.15, -0.1) is 0 Å². The molecule has 1 heterocycles. The second-order valence-electron chi connectivity index (χ2n) is 5.19. The lowest BCUT2D eigenvalue weighted by Gasteiger charge is -2.35. The van der Waals surface area contributed by atoms with E-state index in [2.05, 4.69) is 19.2 Å². The van der Waals surface area contributed by atoms with Gasteiger partial charge in [0.25, 0.3) is 0 Å². The molecule has 1 saturated heterocycles. The lowest BCUT2D eigenvalue weighted by Crippen LogP contribution is -2.54. The molecule has 1 aliphatic heterocycles. The molecule has 4 nitrogen and oxygen atoms in total. The van der Waals surface area contributed by atoms with Gasteiger partial charge in [0.1, 0.15) is 24.2 Å². The number of morpholine rings is 1. The van der Waals surface area contributed by atoms with E-state index in [9.17, 15) is 0 Å². The maximum atomic E-state index is 5.75. The van der Waals surface area contributed by atoms with Crippen molar-refractivity contribution in [2.75, 3.05) is 26.9 Å². The molecule has 0 amide bonds. The standard InChI is InChI=1S/C14H21NO3/c1-14(2)10-18-13(8-15-14)9-17-12-6-4-5-11(7-12)16-3/h4-7,13,15H,8-10H2,1-3H3. The summed E-state index contributed by atoms with van der Waals surface area (Å²) in [5.74, 6) is 1.61. The lowest BCUT2D eigenvalue weighted by molar-refractivity contribution is -0.0412. The van der Waals surface area contributed by atoms with Gasteiger partial charge in [-0.1, -0.05) is 6.07 Å². The summed E-state index contributed by atoms with van der Waals surface area (Å²) in [6.45, 7) is 6.34. The fraction of sp³-hybridized carbons (Fsp3) is 0.571. The quantitative estimate of drug-likeness (QED) is 0.886. The van der Waals surface area contributed by atoms with Crippen molar-refractivity contribution in [2.45, 2.75) is 25.5 Å². The summed E-state index contributed by atoms with van der Waals surface area (Å²) in [5.41, 5.74) is 0.0620. The van der Waals surface area contributed by atoms with Gasteiger partial charge in [-0.2, -0.15) is 0 Å². The van der Waals surface area contributed by atoms with Crippen molar-refractivity contribution in [3.8, 4) is 11.5 Å². The van der Waals surface area contributed by atoms with Gasteiger partial charge in [0.05, 0.1) is 13.7 Å². The van der Waals surface area contributed by atoms with Crippen LogP contribution in [0.4, 0.5) is 0 Å². The molecule has 1 unspecified atom stereocenters. The molecule has 1 fully saturated rings. The van der Waals surface area contributed by atoms with E-state index in [1.165, 1.54) is 0 Å². The molecule has 1 atom stereocenters. The Morgan fingerprint density at radius 1 is 1.39 bits per heavy atom. The Hall–Kier alpha value is -1.26. The van der Waals surface area contributed by atoms with Crippen molar-refractivity contribution >= 4 is 0 Å². The van der Waals surface area contributed by atoms with Crippen molar-refractivity contribution in [2.24, 2.45) is 0 Å². The van der Waals surface area contributed by atoms with Crippen LogP contribution in [0.25, 0.3) is 0 Å². The van der Waals surface area contributed by atoms with E-state index in [1.54, 1.807) is 7.11 Å². The highest BCUT2D eigenvalue weighted by atomic mass is 16.5. The SMILES string of the molecule is COc1cccc(OCC2CNC(C)(C)CO2)c1. The van der Waals surface area contributed by atoms with Crippen LogP contribution in [0, 0.1) is 0 Å². The minimum atomic E-state index is 0.0620. The van der Waals surface area contributed by atoms with Crippen LogP contribution >= 0.6 is 0 Å². The molecule has 18 heavy (non-hydrogen) atoms. The Kier molecular flexibility index (Phi) is 4.09. The van der Waals surface area contributed by atoms with Crippen LogP contribution in [0.5, 0.6) is 11.5 Å². The van der Waals surface area contributed by atoms with Crippen molar-refractivity contribution in [3.63, 3.8) is 0 Å². The fourth-order valence-electron chi connectivity index (χ4n) is 1.81. The van der Waals surface area contributed by atoms with Crippen LogP contribution in [0.3, 0.4) is 0 Å². The largest absolute Gasteiger partial charge is 0.497 e. The third-order valence-corrected chi connectivity index (χ3v) is 2.97. The van der Waals surface area contributed by atoms with Crippen molar-refractivity contribution in [1.29, 1.82) is 0 Å². The third-order valence-electron chi connectivity index (χ3n) is 2.97. The van der Waals surface area contributed by atoms with E-state index in [-0.39, 0.29) is 11.6 Å². The predicted molar refractivity (Wildman–Crippen MR) is 70.3 cm³/mol. The van der Waals surface area contributed by atoms with Crippen LogP contribution in [0.15, 0.2) is 24.3 Å². The molecule has 0 spiro atoms. The number of hydrogen-bond donors (Lipinski definition) is 1. The van der Waals surface area contributed by atoms with E-state index in [1.807, 2.05) is 24.3 Å². The topological polar surface area (TPSA) is 39.7 Å². The van der Waals surface area contributed by atoms with Gasteiger partial charge in [0.2, 0.25) is 0 Å². The number of benzene rings is 1. The summed E-state index contributed by atoms with van der Waals surface area (Å²) < 4.78 is 16.6. The molecule has 0 saturated carbocycles. The highest BCUT2D eigenvalue weighted by Crippen LogP contribution is 2.19. The highest BCUT2D eigenvalue weighted by molar-refractivity contribution is 5.32. The van der Waals surface area contributed by atoms with Gasteiger partial charge in [0.15, 0.2) is 0 Å². The molecule has 1 aliphatic rings. The number of hydrogen-bond acceptors (Lipinski definition) is 4. The first-order chi connectivity index (χ1) is 8.59. The third kappa shape index (κ3) is 3.62. The van der Waals surface area contributed by atoms with Crippen LogP contribution in [-0.4, -0.2) is 38.5 Å². The first kappa shape index (κ1) is 13.2. The molecule has 4 heteroatoms. The average molecular weight is 251 g/mol. The number of rotatable bonds is 4. The lowest BCUT2D eigenvalue weighted by atomic mass is 10.1. The van der Waals surface area contributed by atoms with Crippen molar-refractivity contribution < 1.29 is 14.2 Å². The number of ether oxygens (including phenoxy) is 3. The van der Waals surface area contributed by atoms with Gasteiger partial charge < -0.3 is 19.5 Å². The molecule has 0 radical (unpaired) electrons. The zero-order valence-electron chi connectivity index (χ0n) is 11.2. The minimum absolute atomic E-state index is 0.0620. The van der Waals surface area contributed by atoms with Gasteiger partial charge in [-0.3, -0.25) is 0 Å². The van der Waals surface area contributed by atoms with Crippen molar-refractivity contribution in [1.82, 2.24) is 5.32 Å². The number of nitrogens with one attached hydrogen (secondary N) is 1. The van der Waals surface area contributed by atoms with Gasteiger partial charge in [0, 0.05) is 18.2 Å². The fourth-order valence-corrected chi connectivity index (χ4v) is 1.81. The Morgan fingerprint density at radius 2 is 2.17 bits per heavy atom. The first-order valence-electron chi connectivity index (χ1n) is 6.22.